The van der Waals surface area contributed by atoms with Gasteiger partial charge in [-0.2, -0.15) is 18.4 Å². The zero-order valence-corrected chi connectivity index (χ0v) is 12.1. The largest absolute Gasteiger partial charge is 0.389 e. The molecule has 0 aliphatic carbocycles. The van der Waals surface area contributed by atoms with Gasteiger partial charge >= 0.3 is 6.18 Å². The van der Waals surface area contributed by atoms with Crippen LogP contribution in [-0.2, 0) is 6.42 Å². The van der Waals surface area contributed by atoms with E-state index in [1.165, 1.54) is 0 Å². The molecule has 1 aromatic rings. The molecule has 2 nitrogen and oxygen atoms in total. The third-order valence-electron chi connectivity index (χ3n) is 3.34. The van der Waals surface area contributed by atoms with Crippen LogP contribution in [0.25, 0.3) is 0 Å². The minimum absolute atomic E-state index is 0.244. The number of halogens is 3. The summed E-state index contributed by atoms with van der Waals surface area (Å²) < 4.78 is 35.8. The normalized spacial score (nSPS) is 11.3. The molecule has 0 N–H and O–H groups in total. The summed E-state index contributed by atoms with van der Waals surface area (Å²) in [5.74, 6) is 0. The lowest BCUT2D eigenvalue weighted by atomic mass is 10.1. The van der Waals surface area contributed by atoms with E-state index in [1.54, 1.807) is 18.3 Å². The van der Waals surface area contributed by atoms with Crippen LogP contribution in [0.2, 0.25) is 0 Å². The molecule has 0 radical (unpaired) electrons. The molecule has 0 aromatic carbocycles. The molecule has 0 bridgehead atoms. The Labute approximate surface area is 124 Å². The summed E-state index contributed by atoms with van der Waals surface area (Å²) in [5, 5.41) is 8.78. The van der Waals surface area contributed by atoms with Crippen LogP contribution in [0.15, 0.2) is 18.3 Å². The summed E-state index contributed by atoms with van der Waals surface area (Å²) in [6, 6.07) is 5.58. The maximum Gasteiger partial charge on any atom is 0.389 e. The highest BCUT2D eigenvalue weighted by Crippen LogP contribution is 2.23. The number of hydrogen-bond acceptors (Lipinski definition) is 2. The first-order valence-corrected chi connectivity index (χ1v) is 7.43. The van der Waals surface area contributed by atoms with Crippen LogP contribution in [0.5, 0.6) is 0 Å². The molecule has 5 heteroatoms. The Morgan fingerprint density at radius 2 is 1.62 bits per heavy atom. The van der Waals surface area contributed by atoms with E-state index in [-0.39, 0.29) is 6.42 Å². The zero-order chi connectivity index (χ0) is 15.6. The van der Waals surface area contributed by atoms with Crippen LogP contribution in [0, 0.1) is 11.3 Å². The number of unbranched alkanes of at least 4 members (excludes halogenated alkanes) is 6. The van der Waals surface area contributed by atoms with Crippen molar-refractivity contribution in [2.24, 2.45) is 0 Å². The lowest BCUT2D eigenvalue weighted by Crippen LogP contribution is -2.06. The van der Waals surface area contributed by atoms with Crippen molar-refractivity contribution < 1.29 is 13.2 Å². The Kier molecular flexibility index (Phi) is 7.81. The van der Waals surface area contributed by atoms with E-state index in [1.807, 2.05) is 0 Å². The molecule has 0 spiro atoms. The summed E-state index contributed by atoms with van der Waals surface area (Å²) in [6.45, 7) is 0. The Morgan fingerprint density at radius 3 is 2.24 bits per heavy atom. The molecule has 0 saturated heterocycles. The van der Waals surface area contributed by atoms with Gasteiger partial charge in [0.2, 0.25) is 0 Å². The summed E-state index contributed by atoms with van der Waals surface area (Å²) in [4.78, 5) is 4.21. The minimum atomic E-state index is -4.01. The first-order chi connectivity index (χ1) is 10.0. The second-order valence-electron chi connectivity index (χ2n) is 5.24. The predicted molar refractivity (Wildman–Crippen MR) is 75.6 cm³/mol. The molecule has 116 valence electrons. The van der Waals surface area contributed by atoms with Gasteiger partial charge in [0.05, 0.1) is 11.6 Å². The molecular weight excluding hydrogens is 277 g/mol. The van der Waals surface area contributed by atoms with Gasteiger partial charge in [0.1, 0.15) is 0 Å². The summed E-state index contributed by atoms with van der Waals surface area (Å²) in [5.41, 5.74) is 1.56. The van der Waals surface area contributed by atoms with Crippen LogP contribution in [0.1, 0.15) is 62.6 Å². The van der Waals surface area contributed by atoms with Crippen molar-refractivity contribution in [1.82, 2.24) is 4.98 Å². The van der Waals surface area contributed by atoms with Crippen LogP contribution < -0.4 is 0 Å². The highest BCUT2D eigenvalue weighted by molar-refractivity contribution is 5.28. The van der Waals surface area contributed by atoms with E-state index in [0.717, 1.165) is 44.2 Å². The van der Waals surface area contributed by atoms with Gasteiger partial charge in [0.15, 0.2) is 0 Å². The average molecular weight is 298 g/mol. The molecule has 0 fully saturated rings. The first kappa shape index (κ1) is 17.5. The van der Waals surface area contributed by atoms with Crippen LogP contribution in [-0.4, -0.2) is 11.2 Å². The second-order valence-corrected chi connectivity index (χ2v) is 5.24. The topological polar surface area (TPSA) is 36.7 Å². The van der Waals surface area contributed by atoms with Gasteiger partial charge in [-0.05, 0) is 31.4 Å². The fourth-order valence-electron chi connectivity index (χ4n) is 2.20. The molecule has 1 rings (SSSR count). The van der Waals surface area contributed by atoms with Gasteiger partial charge in [0, 0.05) is 18.3 Å². The van der Waals surface area contributed by atoms with Crippen molar-refractivity contribution in [1.29, 1.82) is 5.26 Å². The van der Waals surface area contributed by atoms with E-state index in [2.05, 4.69) is 11.1 Å². The number of rotatable bonds is 9. The van der Waals surface area contributed by atoms with Crippen molar-refractivity contribution >= 4 is 0 Å². The van der Waals surface area contributed by atoms with Crippen molar-refractivity contribution in [3.05, 3.63) is 29.6 Å². The van der Waals surface area contributed by atoms with Gasteiger partial charge in [-0.25, -0.2) is 0 Å². The fraction of sp³-hybridized carbons (Fsp3) is 0.625. The summed E-state index contributed by atoms with van der Waals surface area (Å²) in [6.07, 6.45) is 3.70. The van der Waals surface area contributed by atoms with Gasteiger partial charge in [-0.15, -0.1) is 0 Å². The van der Waals surface area contributed by atoms with Crippen molar-refractivity contribution in [2.45, 2.75) is 64.0 Å². The molecule has 0 atom stereocenters. The Hall–Kier alpha value is -1.57. The number of pyridine rings is 1. The third-order valence-corrected chi connectivity index (χ3v) is 3.34. The predicted octanol–water partition coefficient (Wildman–Crippen LogP) is 5.18. The quantitative estimate of drug-likeness (QED) is 0.589. The maximum absolute atomic E-state index is 11.9. The average Bonchev–Trinajstić information content (AvgIpc) is 2.44. The van der Waals surface area contributed by atoms with Crippen molar-refractivity contribution in [3.63, 3.8) is 0 Å². The Balaban J connectivity index is 1.99. The molecule has 21 heavy (non-hydrogen) atoms. The number of nitriles is 1. The smallest absolute Gasteiger partial charge is 0.261 e. The van der Waals surface area contributed by atoms with E-state index in [4.69, 9.17) is 5.26 Å². The zero-order valence-electron chi connectivity index (χ0n) is 12.1. The van der Waals surface area contributed by atoms with E-state index in [9.17, 15) is 13.2 Å². The number of hydrogen-bond donors (Lipinski definition) is 0. The summed E-state index contributed by atoms with van der Waals surface area (Å²) >= 11 is 0. The van der Waals surface area contributed by atoms with Gasteiger partial charge in [-0.1, -0.05) is 32.1 Å². The monoisotopic (exact) mass is 298 g/mol. The SMILES string of the molecule is N#Cc1ccnc(CCCCCCCCCC(F)(F)F)c1. The molecule has 0 unspecified atom stereocenters. The fourth-order valence-corrected chi connectivity index (χ4v) is 2.20. The van der Waals surface area contributed by atoms with Crippen LogP contribution >= 0.6 is 0 Å². The van der Waals surface area contributed by atoms with E-state index >= 15 is 0 Å². The maximum atomic E-state index is 11.9. The molecule has 0 aliphatic rings. The minimum Gasteiger partial charge on any atom is -0.261 e. The Morgan fingerprint density at radius 1 is 1.00 bits per heavy atom. The van der Waals surface area contributed by atoms with Crippen molar-refractivity contribution in [3.8, 4) is 6.07 Å². The number of aromatic nitrogens is 1. The molecule has 0 aliphatic heterocycles. The molecule has 1 heterocycles. The third kappa shape index (κ3) is 9.06. The molecular formula is C16H21F3N2. The highest BCUT2D eigenvalue weighted by atomic mass is 19.4. The summed E-state index contributed by atoms with van der Waals surface area (Å²) in [7, 11) is 0. The number of aryl methyl sites for hydroxylation is 1. The van der Waals surface area contributed by atoms with Gasteiger partial charge < -0.3 is 0 Å². The van der Waals surface area contributed by atoms with E-state index in [0.29, 0.717) is 12.0 Å². The molecule has 0 amide bonds. The standard InChI is InChI=1S/C16H21F3N2/c17-16(18,19)10-7-5-3-1-2-4-6-8-15-12-14(13-20)9-11-21-15/h9,11-12H,1-8,10H2. The lowest BCUT2D eigenvalue weighted by Gasteiger charge is -2.05. The van der Waals surface area contributed by atoms with Gasteiger partial charge in [0.25, 0.3) is 0 Å². The van der Waals surface area contributed by atoms with E-state index < -0.39 is 12.6 Å². The second kappa shape index (κ2) is 9.38. The Bertz CT molecular complexity index is 450. The number of nitrogens with zero attached hydrogens (tertiary/aromatic N) is 2. The first-order valence-electron chi connectivity index (χ1n) is 7.43. The van der Waals surface area contributed by atoms with Crippen molar-refractivity contribution in [2.75, 3.05) is 0 Å². The van der Waals surface area contributed by atoms with Crippen LogP contribution in [0.4, 0.5) is 13.2 Å². The molecule has 1 aromatic heterocycles. The lowest BCUT2D eigenvalue weighted by molar-refractivity contribution is -0.135. The molecule has 0 saturated carbocycles. The highest BCUT2D eigenvalue weighted by Gasteiger charge is 2.25. The van der Waals surface area contributed by atoms with Gasteiger partial charge in [-0.3, -0.25) is 4.98 Å². The number of alkyl halides is 3. The van der Waals surface area contributed by atoms with Crippen LogP contribution in [0.3, 0.4) is 0 Å².